The first kappa shape index (κ1) is 14.5. The molecule has 0 spiro atoms. The number of hydrogen-bond acceptors (Lipinski definition) is 2. The van der Waals surface area contributed by atoms with Gasteiger partial charge in [-0.15, -0.1) is 0 Å². The lowest BCUT2D eigenvalue weighted by Gasteiger charge is -2.09. The molecule has 1 aromatic carbocycles. The molecule has 4 nitrogen and oxygen atoms in total. The highest BCUT2D eigenvalue weighted by atomic mass is 79.9. The Labute approximate surface area is 123 Å². The third kappa shape index (κ3) is 3.14. The number of amides is 1. The van der Waals surface area contributed by atoms with Gasteiger partial charge in [0, 0.05) is 23.3 Å². The Balaban J connectivity index is 2.28. The molecule has 0 aliphatic rings. The van der Waals surface area contributed by atoms with E-state index in [1.165, 1.54) is 28.8 Å². The van der Waals surface area contributed by atoms with E-state index < -0.39 is 11.7 Å². The first-order valence-corrected chi connectivity index (χ1v) is 6.77. The second kappa shape index (κ2) is 6.00. The Morgan fingerprint density at radius 3 is 2.80 bits per heavy atom. The maximum Gasteiger partial charge on any atom is 0.256 e. The second-order valence-electron chi connectivity index (χ2n) is 4.12. The summed E-state index contributed by atoms with van der Waals surface area (Å²) in [4.78, 5) is 23.5. The Bertz CT molecular complexity index is 713. The summed E-state index contributed by atoms with van der Waals surface area (Å²) < 4.78 is 15.1. The summed E-state index contributed by atoms with van der Waals surface area (Å²) in [6.45, 7) is 2.34. The first-order valence-electron chi connectivity index (χ1n) is 5.98. The average Bonchev–Trinajstić information content (AvgIpc) is 2.43. The summed E-state index contributed by atoms with van der Waals surface area (Å²) in [5.74, 6) is -0.936. The maximum atomic E-state index is 13.2. The second-order valence-corrected chi connectivity index (χ2v) is 4.97. The van der Waals surface area contributed by atoms with E-state index in [1.54, 1.807) is 6.20 Å². The summed E-state index contributed by atoms with van der Waals surface area (Å²) in [7, 11) is 0. The fraction of sp³-hybridized carbons (Fsp3) is 0.143. The van der Waals surface area contributed by atoms with Crippen LogP contribution in [0, 0.1) is 5.82 Å². The number of aryl methyl sites for hydroxylation is 1. The van der Waals surface area contributed by atoms with Gasteiger partial charge in [0.2, 0.25) is 0 Å². The lowest BCUT2D eigenvalue weighted by Crippen LogP contribution is -2.20. The van der Waals surface area contributed by atoms with E-state index >= 15 is 0 Å². The van der Waals surface area contributed by atoms with Crippen LogP contribution in [0.15, 0.2) is 45.8 Å². The van der Waals surface area contributed by atoms with Crippen LogP contribution in [0.1, 0.15) is 17.3 Å². The van der Waals surface area contributed by atoms with Crippen molar-refractivity contribution in [3.05, 3.63) is 62.7 Å². The molecule has 1 aromatic heterocycles. The minimum Gasteiger partial charge on any atom is -0.321 e. The molecule has 0 saturated heterocycles. The van der Waals surface area contributed by atoms with Crippen molar-refractivity contribution in [2.45, 2.75) is 13.5 Å². The summed E-state index contributed by atoms with van der Waals surface area (Å²) in [5.41, 5.74) is 0.532. The van der Waals surface area contributed by atoms with Crippen LogP contribution in [0.5, 0.6) is 0 Å². The van der Waals surface area contributed by atoms with Gasteiger partial charge in [-0.2, -0.15) is 0 Å². The molecule has 2 rings (SSSR count). The van der Waals surface area contributed by atoms with Gasteiger partial charge in [0.25, 0.3) is 11.5 Å². The van der Waals surface area contributed by atoms with Crippen LogP contribution < -0.4 is 10.9 Å². The molecular weight excluding hydrogens is 327 g/mol. The number of nitrogens with one attached hydrogen (secondary N) is 1. The lowest BCUT2D eigenvalue weighted by molar-refractivity contribution is 0.102. The van der Waals surface area contributed by atoms with E-state index in [2.05, 4.69) is 21.2 Å². The van der Waals surface area contributed by atoms with Gasteiger partial charge in [-0.3, -0.25) is 9.59 Å². The third-order valence-corrected chi connectivity index (χ3v) is 3.45. The topological polar surface area (TPSA) is 51.1 Å². The molecule has 0 aliphatic carbocycles. The summed E-state index contributed by atoms with van der Waals surface area (Å²) in [6, 6.07) is 6.77. The van der Waals surface area contributed by atoms with Crippen molar-refractivity contribution in [2.24, 2.45) is 0 Å². The predicted molar refractivity (Wildman–Crippen MR) is 78.4 cm³/mol. The maximum absolute atomic E-state index is 13.2. The van der Waals surface area contributed by atoms with Gasteiger partial charge in [-0.05, 0) is 47.1 Å². The SMILES string of the molecule is CCn1cc(NC(=O)c2cc(F)ccc2Br)ccc1=O. The van der Waals surface area contributed by atoms with E-state index in [-0.39, 0.29) is 11.1 Å². The number of halogens is 2. The average molecular weight is 339 g/mol. The van der Waals surface area contributed by atoms with Crippen molar-refractivity contribution in [3.8, 4) is 0 Å². The molecule has 0 aliphatic heterocycles. The highest BCUT2D eigenvalue weighted by Gasteiger charge is 2.11. The van der Waals surface area contributed by atoms with E-state index in [0.717, 1.165) is 6.07 Å². The van der Waals surface area contributed by atoms with Crippen LogP contribution in [0.4, 0.5) is 10.1 Å². The molecule has 0 radical (unpaired) electrons. The Morgan fingerprint density at radius 1 is 1.35 bits per heavy atom. The summed E-state index contributed by atoms with van der Waals surface area (Å²) in [5, 5.41) is 2.63. The van der Waals surface area contributed by atoms with Crippen molar-refractivity contribution < 1.29 is 9.18 Å². The molecule has 0 bridgehead atoms. The normalized spacial score (nSPS) is 10.3. The van der Waals surface area contributed by atoms with E-state index in [0.29, 0.717) is 16.7 Å². The quantitative estimate of drug-likeness (QED) is 0.935. The van der Waals surface area contributed by atoms with E-state index in [1.807, 2.05) is 6.92 Å². The Kier molecular flexibility index (Phi) is 4.34. The van der Waals surface area contributed by atoms with Crippen molar-refractivity contribution in [3.63, 3.8) is 0 Å². The first-order chi connectivity index (χ1) is 9.51. The molecule has 104 valence electrons. The monoisotopic (exact) mass is 338 g/mol. The summed E-state index contributed by atoms with van der Waals surface area (Å²) in [6.07, 6.45) is 1.55. The van der Waals surface area contributed by atoms with Crippen LogP contribution in [0.25, 0.3) is 0 Å². The third-order valence-electron chi connectivity index (χ3n) is 2.76. The smallest absolute Gasteiger partial charge is 0.256 e. The minimum absolute atomic E-state index is 0.141. The Hall–Kier alpha value is -1.95. The number of anilines is 1. The number of carbonyl (C=O) groups excluding carboxylic acids is 1. The minimum atomic E-state index is -0.489. The Morgan fingerprint density at radius 2 is 2.10 bits per heavy atom. The largest absolute Gasteiger partial charge is 0.321 e. The van der Waals surface area contributed by atoms with Gasteiger partial charge in [0.05, 0.1) is 11.3 Å². The van der Waals surface area contributed by atoms with Crippen molar-refractivity contribution in [2.75, 3.05) is 5.32 Å². The number of pyridine rings is 1. The standard InChI is InChI=1S/C14H12BrFN2O2/c1-2-18-8-10(4-6-13(18)19)17-14(20)11-7-9(16)3-5-12(11)15/h3-8H,2H2,1H3,(H,17,20). The van der Waals surface area contributed by atoms with Gasteiger partial charge in [0.15, 0.2) is 0 Å². The zero-order valence-corrected chi connectivity index (χ0v) is 12.3. The molecule has 0 fully saturated rings. The number of hydrogen-bond donors (Lipinski definition) is 1. The van der Waals surface area contributed by atoms with Crippen LogP contribution in [-0.4, -0.2) is 10.5 Å². The van der Waals surface area contributed by atoms with Gasteiger partial charge in [-0.25, -0.2) is 4.39 Å². The van der Waals surface area contributed by atoms with Crippen LogP contribution in [-0.2, 0) is 6.54 Å². The van der Waals surface area contributed by atoms with Crippen LogP contribution in [0.2, 0.25) is 0 Å². The molecule has 0 saturated carbocycles. The molecule has 0 atom stereocenters. The molecule has 0 unspecified atom stereocenters. The zero-order chi connectivity index (χ0) is 14.7. The molecule has 1 heterocycles. The number of carbonyl (C=O) groups is 1. The van der Waals surface area contributed by atoms with Crippen LogP contribution in [0.3, 0.4) is 0 Å². The lowest BCUT2D eigenvalue weighted by atomic mass is 10.2. The fourth-order valence-corrected chi connectivity index (χ4v) is 2.15. The van der Waals surface area contributed by atoms with Crippen LogP contribution >= 0.6 is 15.9 Å². The molecular formula is C14H12BrFN2O2. The number of rotatable bonds is 3. The van der Waals surface area contributed by atoms with Crippen molar-refractivity contribution in [1.82, 2.24) is 4.57 Å². The molecule has 6 heteroatoms. The zero-order valence-electron chi connectivity index (χ0n) is 10.7. The van der Waals surface area contributed by atoms with Gasteiger partial charge in [0.1, 0.15) is 5.82 Å². The van der Waals surface area contributed by atoms with Crippen molar-refractivity contribution >= 4 is 27.5 Å². The predicted octanol–water partition coefficient (Wildman–Crippen LogP) is 3.02. The van der Waals surface area contributed by atoms with E-state index in [9.17, 15) is 14.0 Å². The van der Waals surface area contributed by atoms with Gasteiger partial charge in [-0.1, -0.05) is 0 Å². The number of aromatic nitrogens is 1. The molecule has 20 heavy (non-hydrogen) atoms. The number of benzene rings is 1. The molecule has 1 N–H and O–H groups in total. The summed E-state index contributed by atoms with van der Waals surface area (Å²) >= 11 is 3.20. The fourth-order valence-electron chi connectivity index (χ4n) is 1.72. The van der Waals surface area contributed by atoms with E-state index in [4.69, 9.17) is 0 Å². The highest BCUT2D eigenvalue weighted by molar-refractivity contribution is 9.10. The van der Waals surface area contributed by atoms with Gasteiger partial charge >= 0.3 is 0 Å². The van der Waals surface area contributed by atoms with Gasteiger partial charge < -0.3 is 9.88 Å². The van der Waals surface area contributed by atoms with Crippen molar-refractivity contribution in [1.29, 1.82) is 0 Å². The number of nitrogens with zero attached hydrogens (tertiary/aromatic N) is 1. The molecule has 2 aromatic rings. The highest BCUT2D eigenvalue weighted by Crippen LogP contribution is 2.19. The molecule has 1 amide bonds.